The summed E-state index contributed by atoms with van der Waals surface area (Å²) >= 11 is 0. The third-order valence-corrected chi connectivity index (χ3v) is 4.91. The van der Waals surface area contributed by atoms with Crippen LogP contribution in [-0.2, 0) is 9.84 Å². The zero-order valence-electron chi connectivity index (χ0n) is 7.71. The van der Waals surface area contributed by atoms with E-state index in [2.05, 4.69) is 5.32 Å². The van der Waals surface area contributed by atoms with Gasteiger partial charge in [0.1, 0.15) is 0 Å². The smallest absolute Gasteiger partial charge is 0.155 e. The van der Waals surface area contributed by atoms with Crippen LogP contribution in [0.5, 0.6) is 0 Å². The first-order valence-corrected chi connectivity index (χ1v) is 6.26. The average molecular weight is 191 g/mol. The van der Waals surface area contributed by atoms with Crippen LogP contribution in [0.2, 0.25) is 0 Å². The van der Waals surface area contributed by atoms with E-state index in [1.165, 1.54) is 0 Å². The Hall–Kier alpha value is -0.0900. The van der Waals surface area contributed by atoms with E-state index in [1.54, 1.807) is 0 Å². The van der Waals surface area contributed by atoms with E-state index >= 15 is 0 Å². The topological polar surface area (TPSA) is 46.2 Å². The van der Waals surface area contributed by atoms with E-state index in [4.69, 9.17) is 0 Å². The normalized spacial score (nSPS) is 34.8. The predicted molar refractivity (Wildman–Crippen MR) is 49.9 cm³/mol. The minimum absolute atomic E-state index is 0.153. The molecule has 0 aromatic carbocycles. The fraction of sp³-hybridized carbons (Fsp3) is 1.00. The van der Waals surface area contributed by atoms with E-state index in [-0.39, 0.29) is 11.3 Å². The highest BCUT2D eigenvalue weighted by Crippen LogP contribution is 2.14. The molecule has 72 valence electrons. The van der Waals surface area contributed by atoms with E-state index in [9.17, 15) is 8.42 Å². The summed E-state index contributed by atoms with van der Waals surface area (Å²) in [6, 6.07) is 0.179. The number of sulfone groups is 1. The quantitative estimate of drug-likeness (QED) is 0.694. The van der Waals surface area contributed by atoms with Gasteiger partial charge >= 0.3 is 0 Å². The van der Waals surface area contributed by atoms with Crippen molar-refractivity contribution in [3.05, 3.63) is 0 Å². The van der Waals surface area contributed by atoms with E-state index in [0.29, 0.717) is 12.3 Å². The fourth-order valence-corrected chi connectivity index (χ4v) is 3.61. The van der Waals surface area contributed by atoms with Gasteiger partial charge < -0.3 is 5.32 Å². The van der Waals surface area contributed by atoms with E-state index in [0.717, 1.165) is 12.8 Å². The lowest BCUT2D eigenvalue weighted by molar-refractivity contribution is 0.471. The standard InChI is InChI=1S/C8H17NO2S/c1-3-7-6-12(10,11)8(4-2)5-9-7/h7-9H,3-6H2,1-2H3. The van der Waals surface area contributed by atoms with Crippen molar-refractivity contribution in [1.82, 2.24) is 5.32 Å². The van der Waals surface area contributed by atoms with Gasteiger partial charge in [0.05, 0.1) is 11.0 Å². The van der Waals surface area contributed by atoms with Crippen molar-refractivity contribution in [2.24, 2.45) is 0 Å². The maximum atomic E-state index is 11.5. The highest BCUT2D eigenvalue weighted by Gasteiger charge is 2.31. The van der Waals surface area contributed by atoms with Gasteiger partial charge in [0.2, 0.25) is 0 Å². The van der Waals surface area contributed by atoms with Crippen LogP contribution in [0.3, 0.4) is 0 Å². The van der Waals surface area contributed by atoms with Crippen molar-refractivity contribution >= 4 is 9.84 Å². The number of hydrogen-bond donors (Lipinski definition) is 1. The van der Waals surface area contributed by atoms with Crippen LogP contribution in [0.25, 0.3) is 0 Å². The van der Waals surface area contributed by atoms with Gasteiger partial charge in [-0.2, -0.15) is 0 Å². The molecule has 0 aromatic heterocycles. The molecule has 1 fully saturated rings. The molecule has 2 atom stereocenters. The molecule has 4 heteroatoms. The molecule has 1 heterocycles. The summed E-state index contributed by atoms with van der Waals surface area (Å²) in [5, 5.41) is 3.09. The maximum absolute atomic E-state index is 11.5. The zero-order valence-corrected chi connectivity index (χ0v) is 8.52. The van der Waals surface area contributed by atoms with Crippen LogP contribution in [0.4, 0.5) is 0 Å². The molecule has 0 bridgehead atoms. The maximum Gasteiger partial charge on any atom is 0.155 e. The largest absolute Gasteiger partial charge is 0.312 e. The third kappa shape index (κ3) is 1.98. The van der Waals surface area contributed by atoms with Crippen molar-refractivity contribution in [2.75, 3.05) is 12.3 Å². The molecule has 3 nitrogen and oxygen atoms in total. The molecule has 1 saturated heterocycles. The number of nitrogens with one attached hydrogen (secondary N) is 1. The highest BCUT2D eigenvalue weighted by atomic mass is 32.2. The van der Waals surface area contributed by atoms with Gasteiger partial charge in [-0.15, -0.1) is 0 Å². The Bertz CT molecular complexity index is 235. The molecule has 1 N–H and O–H groups in total. The second-order valence-electron chi connectivity index (χ2n) is 3.37. The van der Waals surface area contributed by atoms with Gasteiger partial charge in [-0.25, -0.2) is 8.42 Å². The first kappa shape index (κ1) is 9.99. The number of hydrogen-bond acceptors (Lipinski definition) is 3. The monoisotopic (exact) mass is 191 g/mol. The van der Waals surface area contributed by atoms with Gasteiger partial charge in [-0.1, -0.05) is 13.8 Å². The first-order chi connectivity index (χ1) is 5.60. The lowest BCUT2D eigenvalue weighted by Crippen LogP contribution is -2.49. The molecule has 0 aromatic rings. The van der Waals surface area contributed by atoms with Crippen molar-refractivity contribution in [3.63, 3.8) is 0 Å². The second kappa shape index (κ2) is 3.75. The minimum Gasteiger partial charge on any atom is -0.312 e. The van der Waals surface area contributed by atoms with E-state index < -0.39 is 9.84 Å². The lowest BCUT2D eigenvalue weighted by Gasteiger charge is -2.28. The molecule has 1 aliphatic rings. The Morgan fingerprint density at radius 2 is 2.00 bits per heavy atom. The summed E-state index contributed by atoms with van der Waals surface area (Å²) in [5.41, 5.74) is 0. The Balaban J connectivity index is 2.68. The van der Waals surface area contributed by atoms with Crippen LogP contribution in [0, 0.1) is 0 Å². The van der Waals surface area contributed by atoms with E-state index in [1.807, 2.05) is 13.8 Å². The molecule has 12 heavy (non-hydrogen) atoms. The summed E-state index contributed by atoms with van der Waals surface area (Å²) in [6.45, 7) is 4.58. The molecular weight excluding hydrogens is 174 g/mol. The molecule has 0 radical (unpaired) electrons. The molecule has 2 unspecified atom stereocenters. The Labute approximate surface area is 74.5 Å². The molecule has 1 aliphatic heterocycles. The van der Waals surface area contributed by atoms with Gasteiger partial charge in [0, 0.05) is 12.6 Å². The van der Waals surface area contributed by atoms with Gasteiger partial charge in [-0.05, 0) is 12.8 Å². The summed E-state index contributed by atoms with van der Waals surface area (Å²) in [7, 11) is -2.80. The summed E-state index contributed by atoms with van der Waals surface area (Å²) in [5.74, 6) is 0.321. The van der Waals surface area contributed by atoms with Crippen LogP contribution >= 0.6 is 0 Å². The minimum atomic E-state index is -2.80. The highest BCUT2D eigenvalue weighted by molar-refractivity contribution is 7.92. The Morgan fingerprint density at radius 1 is 1.33 bits per heavy atom. The predicted octanol–water partition coefficient (Wildman–Crippen LogP) is 0.562. The average Bonchev–Trinajstić information content (AvgIpc) is 2.02. The third-order valence-electron chi connectivity index (χ3n) is 2.52. The van der Waals surface area contributed by atoms with Gasteiger partial charge in [-0.3, -0.25) is 0 Å². The summed E-state index contributed by atoms with van der Waals surface area (Å²) in [4.78, 5) is 0. The second-order valence-corrected chi connectivity index (χ2v) is 5.70. The molecule has 1 rings (SSSR count). The van der Waals surface area contributed by atoms with Crippen molar-refractivity contribution < 1.29 is 8.42 Å². The first-order valence-electron chi connectivity index (χ1n) is 4.55. The molecule has 0 aliphatic carbocycles. The summed E-state index contributed by atoms with van der Waals surface area (Å²) < 4.78 is 23.1. The van der Waals surface area contributed by atoms with Crippen LogP contribution in [0.15, 0.2) is 0 Å². The SMILES string of the molecule is CCC1CS(=O)(=O)C(CC)CN1. The van der Waals surface area contributed by atoms with Crippen LogP contribution in [-0.4, -0.2) is 32.0 Å². The molecular formula is C8H17NO2S. The van der Waals surface area contributed by atoms with Crippen LogP contribution < -0.4 is 5.32 Å². The fourth-order valence-electron chi connectivity index (χ4n) is 1.56. The van der Waals surface area contributed by atoms with Gasteiger partial charge in [0.15, 0.2) is 9.84 Å². The molecule has 0 spiro atoms. The van der Waals surface area contributed by atoms with Crippen molar-refractivity contribution in [2.45, 2.75) is 38.0 Å². The number of rotatable bonds is 2. The van der Waals surface area contributed by atoms with Crippen LogP contribution in [0.1, 0.15) is 26.7 Å². The zero-order chi connectivity index (χ0) is 9.19. The van der Waals surface area contributed by atoms with Crippen molar-refractivity contribution in [3.8, 4) is 0 Å². The Kier molecular flexibility index (Phi) is 3.12. The van der Waals surface area contributed by atoms with Crippen molar-refractivity contribution in [1.29, 1.82) is 0 Å². The summed E-state index contributed by atoms with van der Waals surface area (Å²) in [6.07, 6.45) is 1.63. The van der Waals surface area contributed by atoms with Gasteiger partial charge in [0.25, 0.3) is 0 Å². The Morgan fingerprint density at radius 3 is 2.42 bits per heavy atom. The lowest BCUT2D eigenvalue weighted by atomic mass is 10.2. The molecule has 0 saturated carbocycles. The molecule has 0 amide bonds.